The minimum absolute atomic E-state index is 0.130. The first-order chi connectivity index (χ1) is 7.40. The van der Waals surface area contributed by atoms with E-state index in [1.165, 1.54) is 0 Å². The molecule has 94 valence electrons. The summed E-state index contributed by atoms with van der Waals surface area (Å²) in [7, 11) is 0. The van der Waals surface area contributed by atoms with E-state index in [1.54, 1.807) is 0 Å². The summed E-state index contributed by atoms with van der Waals surface area (Å²) in [4.78, 5) is 11.6. The summed E-state index contributed by atoms with van der Waals surface area (Å²) in [6.45, 7) is 9.70. The number of hydrogen-bond acceptors (Lipinski definition) is 4. The molecule has 0 aromatic carbocycles. The van der Waals surface area contributed by atoms with E-state index in [0.29, 0.717) is 19.1 Å². The van der Waals surface area contributed by atoms with Crippen LogP contribution in [0.25, 0.3) is 0 Å². The molecule has 1 heterocycles. The van der Waals surface area contributed by atoms with Crippen LogP contribution in [0.5, 0.6) is 0 Å². The third-order valence-corrected chi connectivity index (χ3v) is 2.65. The first-order valence-corrected chi connectivity index (χ1v) is 5.94. The quantitative estimate of drug-likeness (QED) is 0.584. The van der Waals surface area contributed by atoms with Gasteiger partial charge in [-0.25, -0.2) is 0 Å². The molecule has 1 N–H and O–H groups in total. The fraction of sp³-hybridized carbons (Fsp3) is 0.917. The van der Waals surface area contributed by atoms with Crippen LogP contribution in [0.1, 0.15) is 34.1 Å². The molecular formula is C12H23NO3. The summed E-state index contributed by atoms with van der Waals surface area (Å²) < 4.78 is 10.6. The van der Waals surface area contributed by atoms with Gasteiger partial charge in [0, 0.05) is 0 Å². The van der Waals surface area contributed by atoms with Crippen LogP contribution in [0, 0.1) is 5.92 Å². The lowest BCUT2D eigenvalue weighted by molar-refractivity contribution is -0.149. The third kappa shape index (κ3) is 4.49. The largest absolute Gasteiger partial charge is 0.462 e. The summed E-state index contributed by atoms with van der Waals surface area (Å²) in [6.07, 6.45) is 1.04. The Kier molecular flexibility index (Phi) is 4.74. The van der Waals surface area contributed by atoms with E-state index >= 15 is 0 Å². The van der Waals surface area contributed by atoms with Gasteiger partial charge in [0.15, 0.2) is 0 Å². The number of carbonyl (C=O) groups excluding carboxylic acids is 1. The summed E-state index contributed by atoms with van der Waals surface area (Å²) >= 11 is 0. The van der Waals surface area contributed by atoms with Crippen LogP contribution in [-0.4, -0.2) is 37.4 Å². The highest BCUT2D eigenvalue weighted by Crippen LogP contribution is 2.15. The maximum absolute atomic E-state index is 11.6. The summed E-state index contributed by atoms with van der Waals surface area (Å²) in [5, 5.41) is 3.15. The molecule has 4 heteroatoms. The van der Waals surface area contributed by atoms with Crippen molar-refractivity contribution in [2.75, 3.05) is 19.8 Å². The van der Waals surface area contributed by atoms with Gasteiger partial charge in [-0.15, -0.1) is 0 Å². The van der Waals surface area contributed by atoms with Crippen molar-refractivity contribution in [1.29, 1.82) is 0 Å². The molecule has 0 spiro atoms. The molecule has 1 rings (SSSR count). The Balaban J connectivity index is 2.15. The van der Waals surface area contributed by atoms with Crippen LogP contribution in [-0.2, 0) is 14.3 Å². The molecule has 1 saturated heterocycles. The predicted molar refractivity (Wildman–Crippen MR) is 62.2 cm³/mol. The normalized spacial score (nSPS) is 25.8. The number of rotatable bonds is 4. The average Bonchev–Trinajstić information content (AvgIpc) is 2.57. The van der Waals surface area contributed by atoms with Gasteiger partial charge in [-0.2, -0.15) is 0 Å². The molecule has 0 amide bonds. The van der Waals surface area contributed by atoms with Crippen molar-refractivity contribution >= 4 is 5.97 Å². The SMILES string of the molecule is CC1CCNC1C(=O)OCCOC(C)(C)C. The zero-order valence-corrected chi connectivity index (χ0v) is 10.7. The molecular weight excluding hydrogens is 206 g/mol. The van der Waals surface area contributed by atoms with E-state index in [2.05, 4.69) is 12.2 Å². The summed E-state index contributed by atoms with van der Waals surface area (Å²) in [5.74, 6) is 0.221. The van der Waals surface area contributed by atoms with E-state index in [4.69, 9.17) is 9.47 Å². The fourth-order valence-electron chi connectivity index (χ4n) is 1.73. The molecule has 16 heavy (non-hydrogen) atoms. The lowest BCUT2D eigenvalue weighted by Crippen LogP contribution is -2.37. The molecule has 2 atom stereocenters. The topological polar surface area (TPSA) is 47.6 Å². The highest BCUT2D eigenvalue weighted by atomic mass is 16.6. The molecule has 4 nitrogen and oxygen atoms in total. The monoisotopic (exact) mass is 229 g/mol. The average molecular weight is 229 g/mol. The zero-order valence-electron chi connectivity index (χ0n) is 10.7. The maximum Gasteiger partial charge on any atom is 0.323 e. The molecule has 1 aliphatic heterocycles. The van der Waals surface area contributed by atoms with Gasteiger partial charge < -0.3 is 14.8 Å². The Hall–Kier alpha value is -0.610. The molecule has 0 aromatic heterocycles. The number of esters is 1. The second kappa shape index (κ2) is 5.64. The molecule has 2 unspecified atom stereocenters. The van der Waals surface area contributed by atoms with Crippen LogP contribution < -0.4 is 5.32 Å². The first kappa shape index (κ1) is 13.5. The molecule has 0 saturated carbocycles. The minimum atomic E-state index is -0.175. The number of ether oxygens (including phenoxy) is 2. The van der Waals surface area contributed by atoms with Gasteiger partial charge in [-0.3, -0.25) is 4.79 Å². The van der Waals surface area contributed by atoms with E-state index in [9.17, 15) is 4.79 Å². The first-order valence-electron chi connectivity index (χ1n) is 5.94. The van der Waals surface area contributed by atoms with E-state index in [0.717, 1.165) is 13.0 Å². The van der Waals surface area contributed by atoms with Gasteiger partial charge >= 0.3 is 5.97 Å². The second-order valence-electron chi connectivity index (χ2n) is 5.33. The van der Waals surface area contributed by atoms with Gasteiger partial charge in [-0.1, -0.05) is 6.92 Å². The molecule has 0 bridgehead atoms. The Morgan fingerprint density at radius 2 is 2.06 bits per heavy atom. The molecule has 1 fully saturated rings. The van der Waals surface area contributed by atoms with Gasteiger partial charge in [0.1, 0.15) is 12.6 Å². The van der Waals surface area contributed by atoms with Gasteiger partial charge in [0.05, 0.1) is 12.2 Å². The van der Waals surface area contributed by atoms with Crippen molar-refractivity contribution in [3.05, 3.63) is 0 Å². The Morgan fingerprint density at radius 1 is 1.38 bits per heavy atom. The maximum atomic E-state index is 11.6. The van der Waals surface area contributed by atoms with Crippen molar-refractivity contribution in [3.8, 4) is 0 Å². The van der Waals surface area contributed by atoms with Gasteiger partial charge in [0.2, 0.25) is 0 Å². The molecule has 0 aromatic rings. The van der Waals surface area contributed by atoms with E-state index in [1.807, 2.05) is 20.8 Å². The highest BCUT2D eigenvalue weighted by Gasteiger charge is 2.30. The number of hydrogen-bond donors (Lipinski definition) is 1. The number of nitrogens with one attached hydrogen (secondary N) is 1. The predicted octanol–water partition coefficient (Wildman–Crippen LogP) is 1.34. The Labute approximate surface area is 97.7 Å². The van der Waals surface area contributed by atoms with Crippen LogP contribution in [0.4, 0.5) is 0 Å². The Bertz CT molecular complexity index is 235. The van der Waals surface area contributed by atoms with Crippen molar-refractivity contribution in [2.45, 2.75) is 45.8 Å². The second-order valence-corrected chi connectivity index (χ2v) is 5.33. The van der Waals surface area contributed by atoms with E-state index < -0.39 is 0 Å². The van der Waals surface area contributed by atoms with Crippen molar-refractivity contribution in [1.82, 2.24) is 5.32 Å². The Morgan fingerprint density at radius 3 is 2.56 bits per heavy atom. The van der Waals surface area contributed by atoms with Crippen molar-refractivity contribution in [3.63, 3.8) is 0 Å². The van der Waals surface area contributed by atoms with E-state index in [-0.39, 0.29) is 17.6 Å². The lowest BCUT2D eigenvalue weighted by Gasteiger charge is -2.20. The van der Waals surface area contributed by atoms with Crippen LogP contribution in [0.3, 0.4) is 0 Å². The third-order valence-electron chi connectivity index (χ3n) is 2.65. The fourth-order valence-corrected chi connectivity index (χ4v) is 1.73. The zero-order chi connectivity index (χ0) is 12.2. The number of carbonyl (C=O) groups is 1. The van der Waals surface area contributed by atoms with Gasteiger partial charge in [-0.05, 0) is 39.7 Å². The summed E-state index contributed by atoms with van der Waals surface area (Å²) in [5.41, 5.74) is -0.175. The smallest absolute Gasteiger partial charge is 0.323 e. The van der Waals surface area contributed by atoms with Crippen LogP contribution in [0.15, 0.2) is 0 Å². The molecule has 0 radical (unpaired) electrons. The van der Waals surface area contributed by atoms with Crippen LogP contribution in [0.2, 0.25) is 0 Å². The minimum Gasteiger partial charge on any atom is -0.462 e. The summed E-state index contributed by atoms with van der Waals surface area (Å²) in [6, 6.07) is -0.130. The van der Waals surface area contributed by atoms with Gasteiger partial charge in [0.25, 0.3) is 0 Å². The standard InChI is InChI=1S/C12H23NO3/c1-9-5-6-13-10(9)11(14)15-7-8-16-12(2,3)4/h9-10,13H,5-8H2,1-4H3. The van der Waals surface area contributed by atoms with Crippen molar-refractivity contribution < 1.29 is 14.3 Å². The molecule has 1 aliphatic rings. The van der Waals surface area contributed by atoms with Crippen LogP contribution >= 0.6 is 0 Å². The highest BCUT2D eigenvalue weighted by molar-refractivity contribution is 5.76. The molecule has 0 aliphatic carbocycles. The lowest BCUT2D eigenvalue weighted by atomic mass is 10.0. The van der Waals surface area contributed by atoms with Crippen molar-refractivity contribution in [2.24, 2.45) is 5.92 Å².